The molecule has 19 heavy (non-hydrogen) atoms. The average Bonchev–Trinajstić information content (AvgIpc) is 2.42. The monoisotopic (exact) mass is 383 g/mol. The highest BCUT2D eigenvalue weighted by atomic mass is 79.9. The topological polar surface area (TPSA) is 38.3 Å². The molecule has 0 aliphatic rings. The molecule has 5 heteroatoms. The highest BCUT2D eigenvalue weighted by Gasteiger charge is 2.07. The summed E-state index contributed by atoms with van der Waals surface area (Å²) in [7, 11) is 0. The fourth-order valence-electron chi connectivity index (χ4n) is 1.45. The predicted molar refractivity (Wildman–Crippen MR) is 82.4 cm³/mol. The smallest absolute Gasteiger partial charge is 0.262 e. The van der Waals surface area contributed by atoms with Gasteiger partial charge in [0.15, 0.2) is 6.61 Å². The third kappa shape index (κ3) is 4.36. The Morgan fingerprint density at radius 2 is 1.84 bits per heavy atom. The Morgan fingerprint density at radius 1 is 1.11 bits per heavy atom. The van der Waals surface area contributed by atoms with Gasteiger partial charge in [0.1, 0.15) is 5.75 Å². The van der Waals surface area contributed by atoms with Gasteiger partial charge in [0.2, 0.25) is 0 Å². The molecule has 98 valence electrons. The standard InChI is InChI=1S/C14H11Br2NO2/c15-10-6-7-12(16)13(8-10)17-14(18)9-19-11-4-2-1-3-5-11/h1-8H,9H2,(H,17,18). The van der Waals surface area contributed by atoms with Gasteiger partial charge in [-0.3, -0.25) is 4.79 Å². The van der Waals surface area contributed by atoms with E-state index < -0.39 is 0 Å². The molecule has 2 aromatic rings. The summed E-state index contributed by atoms with van der Waals surface area (Å²) in [5, 5.41) is 2.78. The van der Waals surface area contributed by atoms with Crippen LogP contribution in [0.1, 0.15) is 0 Å². The summed E-state index contributed by atoms with van der Waals surface area (Å²) < 4.78 is 7.09. The Bertz CT molecular complexity index is 573. The first-order valence-electron chi connectivity index (χ1n) is 5.58. The van der Waals surface area contributed by atoms with E-state index in [4.69, 9.17) is 4.74 Å². The lowest BCUT2D eigenvalue weighted by Gasteiger charge is -2.09. The zero-order valence-corrected chi connectivity index (χ0v) is 13.1. The number of para-hydroxylation sites is 1. The molecule has 2 rings (SSSR count). The zero-order valence-electron chi connectivity index (χ0n) is 9.90. The number of benzene rings is 2. The minimum Gasteiger partial charge on any atom is -0.484 e. The van der Waals surface area contributed by atoms with Crippen LogP contribution >= 0.6 is 31.9 Å². The second kappa shape index (κ2) is 6.73. The number of halogens is 2. The summed E-state index contributed by atoms with van der Waals surface area (Å²) in [4.78, 5) is 11.8. The molecule has 0 aliphatic heterocycles. The highest BCUT2D eigenvalue weighted by Crippen LogP contribution is 2.26. The SMILES string of the molecule is O=C(COc1ccccc1)Nc1cc(Br)ccc1Br. The van der Waals surface area contributed by atoms with Gasteiger partial charge in [-0.2, -0.15) is 0 Å². The second-order valence-corrected chi connectivity index (χ2v) is 5.54. The van der Waals surface area contributed by atoms with E-state index in [0.717, 1.165) is 8.95 Å². The molecule has 3 nitrogen and oxygen atoms in total. The normalized spacial score (nSPS) is 10.0. The number of amides is 1. The van der Waals surface area contributed by atoms with E-state index in [1.165, 1.54) is 0 Å². The van der Waals surface area contributed by atoms with Gasteiger partial charge in [0.05, 0.1) is 5.69 Å². The summed E-state index contributed by atoms with van der Waals surface area (Å²) in [6.45, 7) is -0.0248. The maximum atomic E-state index is 11.8. The van der Waals surface area contributed by atoms with Crippen molar-refractivity contribution in [2.24, 2.45) is 0 Å². The number of nitrogens with one attached hydrogen (secondary N) is 1. The summed E-state index contributed by atoms with van der Waals surface area (Å²) in [5.74, 6) is 0.466. The van der Waals surface area contributed by atoms with Crippen molar-refractivity contribution in [3.8, 4) is 5.75 Å². The molecule has 0 heterocycles. The minimum absolute atomic E-state index is 0.0248. The number of hydrogen-bond donors (Lipinski definition) is 1. The lowest BCUT2D eigenvalue weighted by atomic mass is 10.3. The molecule has 1 amide bonds. The van der Waals surface area contributed by atoms with Gasteiger partial charge < -0.3 is 10.1 Å². The van der Waals surface area contributed by atoms with Crippen LogP contribution in [0.15, 0.2) is 57.5 Å². The first kappa shape index (κ1) is 14.1. The van der Waals surface area contributed by atoms with E-state index in [-0.39, 0.29) is 12.5 Å². The second-order valence-electron chi connectivity index (χ2n) is 3.77. The Kier molecular flexibility index (Phi) is 4.99. The number of anilines is 1. The van der Waals surface area contributed by atoms with Crippen molar-refractivity contribution < 1.29 is 9.53 Å². The summed E-state index contributed by atoms with van der Waals surface area (Å²) in [6.07, 6.45) is 0. The van der Waals surface area contributed by atoms with Gasteiger partial charge in [0.25, 0.3) is 5.91 Å². The predicted octanol–water partition coefficient (Wildman–Crippen LogP) is 4.23. The van der Waals surface area contributed by atoms with Crippen molar-refractivity contribution in [3.63, 3.8) is 0 Å². The van der Waals surface area contributed by atoms with Gasteiger partial charge in [-0.25, -0.2) is 0 Å². The molecule has 0 unspecified atom stereocenters. The fraction of sp³-hybridized carbons (Fsp3) is 0.0714. The number of rotatable bonds is 4. The van der Waals surface area contributed by atoms with E-state index in [9.17, 15) is 4.79 Å². The third-order valence-corrected chi connectivity index (χ3v) is 3.50. The third-order valence-electron chi connectivity index (χ3n) is 2.32. The Morgan fingerprint density at radius 3 is 2.58 bits per heavy atom. The highest BCUT2D eigenvalue weighted by molar-refractivity contribution is 9.11. The van der Waals surface area contributed by atoms with Crippen molar-refractivity contribution in [1.82, 2.24) is 0 Å². The van der Waals surface area contributed by atoms with Crippen LogP contribution in [0.5, 0.6) is 5.75 Å². The molecule has 0 spiro atoms. The molecule has 0 fully saturated rings. The molecule has 0 radical (unpaired) electrons. The molecular formula is C14H11Br2NO2. The van der Waals surface area contributed by atoms with E-state index in [2.05, 4.69) is 37.2 Å². The Labute approximate surface area is 128 Å². The molecule has 0 aliphatic carbocycles. The molecular weight excluding hydrogens is 374 g/mol. The van der Waals surface area contributed by atoms with Crippen molar-refractivity contribution in [2.75, 3.05) is 11.9 Å². The molecule has 0 saturated carbocycles. The summed E-state index contributed by atoms with van der Waals surface area (Å²) in [6, 6.07) is 14.8. The van der Waals surface area contributed by atoms with Crippen LogP contribution in [0.3, 0.4) is 0 Å². The van der Waals surface area contributed by atoms with E-state index in [0.29, 0.717) is 11.4 Å². The molecule has 2 aromatic carbocycles. The number of carbonyl (C=O) groups is 1. The Balaban J connectivity index is 1.93. The first-order chi connectivity index (χ1) is 9.15. The van der Waals surface area contributed by atoms with Gasteiger partial charge in [0, 0.05) is 8.95 Å². The van der Waals surface area contributed by atoms with Crippen LogP contribution in [0.25, 0.3) is 0 Å². The molecule has 0 saturated heterocycles. The van der Waals surface area contributed by atoms with Crippen LogP contribution in [0.2, 0.25) is 0 Å². The molecule has 1 N–H and O–H groups in total. The van der Waals surface area contributed by atoms with Crippen LogP contribution in [0.4, 0.5) is 5.69 Å². The van der Waals surface area contributed by atoms with Gasteiger partial charge in [-0.15, -0.1) is 0 Å². The van der Waals surface area contributed by atoms with Gasteiger partial charge in [-0.1, -0.05) is 34.1 Å². The van der Waals surface area contributed by atoms with Crippen molar-refractivity contribution in [1.29, 1.82) is 0 Å². The molecule has 0 bridgehead atoms. The van der Waals surface area contributed by atoms with Crippen molar-refractivity contribution in [3.05, 3.63) is 57.5 Å². The van der Waals surface area contributed by atoms with Crippen LogP contribution in [-0.2, 0) is 4.79 Å². The summed E-state index contributed by atoms with van der Waals surface area (Å²) >= 11 is 6.74. The maximum absolute atomic E-state index is 11.8. The van der Waals surface area contributed by atoms with E-state index in [1.54, 1.807) is 0 Å². The number of hydrogen-bond acceptors (Lipinski definition) is 2. The lowest BCUT2D eigenvalue weighted by molar-refractivity contribution is -0.118. The van der Waals surface area contributed by atoms with Gasteiger partial charge >= 0.3 is 0 Å². The number of carbonyl (C=O) groups excluding carboxylic acids is 1. The maximum Gasteiger partial charge on any atom is 0.262 e. The Hall–Kier alpha value is -1.33. The first-order valence-corrected chi connectivity index (χ1v) is 7.16. The van der Waals surface area contributed by atoms with Crippen LogP contribution in [0, 0.1) is 0 Å². The lowest BCUT2D eigenvalue weighted by Crippen LogP contribution is -2.20. The zero-order chi connectivity index (χ0) is 13.7. The van der Waals surface area contributed by atoms with E-state index >= 15 is 0 Å². The van der Waals surface area contributed by atoms with Crippen LogP contribution < -0.4 is 10.1 Å². The minimum atomic E-state index is -0.206. The number of ether oxygens (including phenoxy) is 1. The quantitative estimate of drug-likeness (QED) is 0.856. The van der Waals surface area contributed by atoms with Crippen molar-refractivity contribution in [2.45, 2.75) is 0 Å². The van der Waals surface area contributed by atoms with Gasteiger partial charge in [-0.05, 0) is 46.3 Å². The molecule has 0 atom stereocenters. The van der Waals surface area contributed by atoms with E-state index in [1.807, 2.05) is 48.5 Å². The van der Waals surface area contributed by atoms with Crippen molar-refractivity contribution >= 4 is 43.5 Å². The van der Waals surface area contributed by atoms with Crippen LogP contribution in [-0.4, -0.2) is 12.5 Å². The summed E-state index contributed by atoms with van der Waals surface area (Å²) in [5.41, 5.74) is 0.705. The largest absolute Gasteiger partial charge is 0.484 e. The molecule has 0 aromatic heterocycles. The fourth-order valence-corrected chi connectivity index (χ4v) is 2.15. The average molecular weight is 385 g/mol.